The van der Waals surface area contributed by atoms with Gasteiger partial charge in [0.05, 0.1) is 0 Å². The molecule has 0 aliphatic rings. The van der Waals surface area contributed by atoms with Gasteiger partial charge in [0.2, 0.25) is 0 Å². The van der Waals surface area contributed by atoms with Crippen molar-refractivity contribution in [3.05, 3.63) is 12.7 Å². The monoisotopic (exact) mass is 156 g/mol. The molecule has 0 aromatic heterocycles. The van der Waals surface area contributed by atoms with Crippen molar-refractivity contribution < 1.29 is 0 Å². The molecule has 2 heteroatoms. The van der Waals surface area contributed by atoms with Gasteiger partial charge in [0.25, 0.3) is 0 Å². The SMILES string of the molecule is C=CCC(NN)C(C)(C)CC. The van der Waals surface area contributed by atoms with Crippen molar-refractivity contribution >= 4 is 0 Å². The van der Waals surface area contributed by atoms with E-state index in [1.807, 2.05) is 6.08 Å². The Bertz CT molecular complexity index is 119. The fourth-order valence-corrected chi connectivity index (χ4v) is 1.03. The van der Waals surface area contributed by atoms with Crippen LogP contribution in [0.2, 0.25) is 0 Å². The fraction of sp³-hybridized carbons (Fsp3) is 0.778. The van der Waals surface area contributed by atoms with Crippen LogP contribution in [0.5, 0.6) is 0 Å². The second-order valence-corrected chi connectivity index (χ2v) is 3.59. The van der Waals surface area contributed by atoms with Crippen LogP contribution in [0.15, 0.2) is 12.7 Å². The molecule has 0 spiro atoms. The zero-order chi connectivity index (χ0) is 8.91. The van der Waals surface area contributed by atoms with Gasteiger partial charge in [0.15, 0.2) is 0 Å². The summed E-state index contributed by atoms with van der Waals surface area (Å²) in [6, 6.07) is 0.338. The minimum Gasteiger partial charge on any atom is -0.271 e. The van der Waals surface area contributed by atoms with Crippen molar-refractivity contribution in [2.45, 2.75) is 39.7 Å². The van der Waals surface area contributed by atoms with Gasteiger partial charge in [-0.3, -0.25) is 11.3 Å². The van der Waals surface area contributed by atoms with Crippen LogP contribution < -0.4 is 11.3 Å². The minimum atomic E-state index is 0.253. The Morgan fingerprint density at radius 2 is 2.18 bits per heavy atom. The number of nitrogens with two attached hydrogens (primary N) is 1. The molecule has 0 amide bonds. The Balaban J connectivity index is 4.10. The molecule has 0 rings (SSSR count). The molecule has 0 aliphatic heterocycles. The molecule has 0 aromatic carbocycles. The molecule has 0 saturated heterocycles. The molecule has 0 aromatic rings. The van der Waals surface area contributed by atoms with Crippen LogP contribution in [0, 0.1) is 5.41 Å². The highest BCUT2D eigenvalue weighted by Crippen LogP contribution is 2.26. The van der Waals surface area contributed by atoms with Crippen LogP contribution in [-0.2, 0) is 0 Å². The maximum absolute atomic E-state index is 5.42. The van der Waals surface area contributed by atoms with Crippen LogP contribution in [0.1, 0.15) is 33.6 Å². The predicted octanol–water partition coefficient (Wildman–Crippen LogP) is 1.83. The number of hydrogen-bond donors (Lipinski definition) is 2. The van der Waals surface area contributed by atoms with Gasteiger partial charge < -0.3 is 0 Å². The highest BCUT2D eigenvalue weighted by atomic mass is 15.2. The summed E-state index contributed by atoms with van der Waals surface area (Å²) in [5.41, 5.74) is 3.08. The van der Waals surface area contributed by atoms with Crippen LogP contribution in [0.4, 0.5) is 0 Å². The predicted molar refractivity (Wildman–Crippen MR) is 50.0 cm³/mol. The number of hydrazine groups is 1. The molecule has 0 aliphatic carbocycles. The van der Waals surface area contributed by atoms with Gasteiger partial charge in [0, 0.05) is 6.04 Å². The molecule has 0 saturated carbocycles. The Hall–Kier alpha value is -0.340. The summed E-state index contributed by atoms with van der Waals surface area (Å²) < 4.78 is 0. The van der Waals surface area contributed by atoms with E-state index in [0.29, 0.717) is 6.04 Å². The topological polar surface area (TPSA) is 38.0 Å². The zero-order valence-corrected chi connectivity index (χ0v) is 7.85. The Morgan fingerprint density at radius 3 is 2.45 bits per heavy atom. The van der Waals surface area contributed by atoms with E-state index in [4.69, 9.17) is 5.84 Å². The van der Waals surface area contributed by atoms with Crippen molar-refractivity contribution in [3.8, 4) is 0 Å². The standard InChI is InChI=1S/C9H20N2/c1-5-7-8(11-10)9(3,4)6-2/h5,8,11H,1,6-7,10H2,2-4H3. The maximum atomic E-state index is 5.42. The van der Waals surface area contributed by atoms with Crippen LogP contribution in [-0.4, -0.2) is 6.04 Å². The van der Waals surface area contributed by atoms with E-state index in [9.17, 15) is 0 Å². The lowest BCUT2D eigenvalue weighted by molar-refractivity contribution is 0.234. The smallest absolute Gasteiger partial charge is 0.0295 e. The van der Waals surface area contributed by atoms with E-state index in [1.165, 1.54) is 0 Å². The first-order valence-electron chi connectivity index (χ1n) is 4.15. The lowest BCUT2D eigenvalue weighted by atomic mass is 9.81. The summed E-state index contributed by atoms with van der Waals surface area (Å²) in [6.07, 6.45) is 3.95. The van der Waals surface area contributed by atoms with Crippen molar-refractivity contribution in [2.24, 2.45) is 11.3 Å². The third kappa shape index (κ3) is 3.04. The molecule has 66 valence electrons. The quantitative estimate of drug-likeness (QED) is 0.362. The molecule has 0 fully saturated rings. The normalized spacial score (nSPS) is 14.5. The number of rotatable bonds is 5. The first-order chi connectivity index (χ1) is 5.08. The average molecular weight is 156 g/mol. The van der Waals surface area contributed by atoms with E-state index in [1.54, 1.807) is 0 Å². The van der Waals surface area contributed by atoms with Crippen molar-refractivity contribution in [2.75, 3.05) is 0 Å². The van der Waals surface area contributed by atoms with Gasteiger partial charge >= 0.3 is 0 Å². The number of hydrogen-bond acceptors (Lipinski definition) is 2. The summed E-state index contributed by atoms with van der Waals surface area (Å²) in [5.74, 6) is 5.42. The Labute approximate surface area is 69.8 Å². The van der Waals surface area contributed by atoms with E-state index in [0.717, 1.165) is 12.8 Å². The largest absolute Gasteiger partial charge is 0.271 e. The summed E-state index contributed by atoms with van der Waals surface area (Å²) in [5, 5.41) is 0. The highest BCUT2D eigenvalue weighted by molar-refractivity contribution is 4.87. The van der Waals surface area contributed by atoms with Crippen LogP contribution in [0.3, 0.4) is 0 Å². The molecule has 3 N–H and O–H groups in total. The van der Waals surface area contributed by atoms with Crippen LogP contribution >= 0.6 is 0 Å². The van der Waals surface area contributed by atoms with E-state index < -0.39 is 0 Å². The number of nitrogens with one attached hydrogen (secondary N) is 1. The first kappa shape index (κ1) is 10.7. The molecule has 1 unspecified atom stereocenters. The lowest BCUT2D eigenvalue weighted by Crippen LogP contribution is -2.45. The second kappa shape index (κ2) is 4.52. The van der Waals surface area contributed by atoms with Crippen molar-refractivity contribution in [1.29, 1.82) is 0 Å². The Morgan fingerprint density at radius 1 is 1.64 bits per heavy atom. The first-order valence-corrected chi connectivity index (χ1v) is 4.15. The lowest BCUT2D eigenvalue weighted by Gasteiger charge is -2.32. The fourth-order valence-electron chi connectivity index (χ4n) is 1.03. The van der Waals surface area contributed by atoms with E-state index >= 15 is 0 Å². The van der Waals surface area contributed by atoms with Gasteiger partial charge in [-0.2, -0.15) is 0 Å². The molecule has 1 atom stereocenters. The van der Waals surface area contributed by atoms with Gasteiger partial charge in [-0.15, -0.1) is 6.58 Å². The summed E-state index contributed by atoms with van der Waals surface area (Å²) in [7, 11) is 0. The van der Waals surface area contributed by atoms with Crippen LogP contribution in [0.25, 0.3) is 0 Å². The molecule has 0 bridgehead atoms. The highest BCUT2D eigenvalue weighted by Gasteiger charge is 2.25. The molecule has 0 heterocycles. The van der Waals surface area contributed by atoms with E-state index in [-0.39, 0.29) is 5.41 Å². The average Bonchev–Trinajstić information content (AvgIpc) is 2.00. The van der Waals surface area contributed by atoms with E-state index in [2.05, 4.69) is 32.8 Å². The maximum Gasteiger partial charge on any atom is 0.0295 e. The van der Waals surface area contributed by atoms with Gasteiger partial charge in [0.1, 0.15) is 0 Å². The third-order valence-corrected chi connectivity index (χ3v) is 2.46. The summed E-state index contributed by atoms with van der Waals surface area (Å²) >= 11 is 0. The summed E-state index contributed by atoms with van der Waals surface area (Å²) in [4.78, 5) is 0. The molecule has 2 nitrogen and oxygen atoms in total. The third-order valence-electron chi connectivity index (χ3n) is 2.46. The van der Waals surface area contributed by atoms with Crippen molar-refractivity contribution in [1.82, 2.24) is 5.43 Å². The molecular formula is C9H20N2. The van der Waals surface area contributed by atoms with Gasteiger partial charge in [-0.05, 0) is 18.3 Å². The Kier molecular flexibility index (Phi) is 4.38. The summed E-state index contributed by atoms with van der Waals surface area (Å²) in [6.45, 7) is 10.3. The second-order valence-electron chi connectivity index (χ2n) is 3.59. The minimum absolute atomic E-state index is 0.253. The molecule has 0 radical (unpaired) electrons. The molecular weight excluding hydrogens is 136 g/mol. The zero-order valence-electron chi connectivity index (χ0n) is 7.85. The van der Waals surface area contributed by atoms with Crippen molar-refractivity contribution in [3.63, 3.8) is 0 Å². The van der Waals surface area contributed by atoms with Gasteiger partial charge in [-0.25, -0.2) is 0 Å². The molecule has 11 heavy (non-hydrogen) atoms. The van der Waals surface area contributed by atoms with Gasteiger partial charge in [-0.1, -0.05) is 26.8 Å².